The number of carboxylic acid groups (broad SMARTS) is 1. The van der Waals surface area contributed by atoms with Gasteiger partial charge >= 0.3 is 29.6 Å². The number of fused-ring (bicyclic) bond motifs is 1. The molecule has 7 heteroatoms. The Morgan fingerprint density at radius 3 is 2.92 bits per heavy atom. The third kappa shape index (κ3) is 1.69. The fraction of sp³-hybridized carbons (Fsp3) is 0. The molecule has 0 N–H and O–H groups in total. The van der Waals surface area contributed by atoms with Crippen LogP contribution in [0.3, 0.4) is 0 Å². The van der Waals surface area contributed by atoms with Gasteiger partial charge in [-0.3, -0.25) is 9.38 Å². The van der Waals surface area contributed by atoms with Gasteiger partial charge < -0.3 is 9.90 Å². The maximum absolute atomic E-state index is 10.4. The first-order chi connectivity index (χ1) is 5.79. The van der Waals surface area contributed by atoms with E-state index in [4.69, 9.17) is 0 Å². The topological polar surface area (TPSA) is 83.2 Å². The Kier molecular flexibility index (Phi) is 2.97. The summed E-state index contributed by atoms with van der Waals surface area (Å²) in [5.41, 5.74) is 0.386. The summed E-state index contributed by atoms with van der Waals surface area (Å²) in [6, 6.07) is 0. The van der Waals surface area contributed by atoms with Gasteiger partial charge in [-0.1, -0.05) is 0 Å². The summed E-state index contributed by atoms with van der Waals surface area (Å²) in [7, 11) is 0. The van der Waals surface area contributed by atoms with Gasteiger partial charge in [0.2, 0.25) is 0 Å². The van der Waals surface area contributed by atoms with Crippen molar-refractivity contribution in [1.29, 1.82) is 0 Å². The summed E-state index contributed by atoms with van der Waals surface area (Å²) < 4.78 is 1.29. The van der Waals surface area contributed by atoms with Gasteiger partial charge in [-0.25, -0.2) is 0 Å². The van der Waals surface area contributed by atoms with Crippen molar-refractivity contribution < 1.29 is 39.5 Å². The van der Waals surface area contributed by atoms with Crippen molar-refractivity contribution in [3.05, 3.63) is 24.4 Å². The van der Waals surface area contributed by atoms with E-state index >= 15 is 0 Å². The second-order valence-electron chi connectivity index (χ2n) is 2.12. The van der Waals surface area contributed by atoms with Crippen LogP contribution in [0.1, 0.15) is 10.6 Å². The van der Waals surface area contributed by atoms with Crippen LogP contribution in [-0.4, -0.2) is 25.6 Å². The molecular formula is C6H3N4NaO2. The Labute approximate surface area is 94.9 Å². The van der Waals surface area contributed by atoms with Gasteiger partial charge in [-0.2, -0.15) is 0 Å². The minimum Gasteiger partial charge on any atom is -0.541 e. The zero-order valence-electron chi connectivity index (χ0n) is 6.84. The molecule has 0 aliphatic rings. The number of hydrogen-bond donors (Lipinski definition) is 0. The molecule has 0 aromatic carbocycles. The van der Waals surface area contributed by atoms with Crippen LogP contribution in [0.4, 0.5) is 0 Å². The molecule has 2 rings (SSSR count). The average molecular weight is 186 g/mol. The number of hydrogen-bond acceptors (Lipinski definition) is 5. The maximum Gasteiger partial charge on any atom is 1.00 e. The van der Waals surface area contributed by atoms with Crippen molar-refractivity contribution in [1.82, 2.24) is 19.6 Å². The molecular weight excluding hydrogens is 183 g/mol. The summed E-state index contributed by atoms with van der Waals surface area (Å²) in [6.45, 7) is 0. The van der Waals surface area contributed by atoms with Gasteiger partial charge in [0.25, 0.3) is 0 Å². The molecule has 2 aromatic rings. The molecule has 2 heterocycles. The quantitative estimate of drug-likeness (QED) is 0.419. The van der Waals surface area contributed by atoms with Gasteiger partial charge in [0.1, 0.15) is 5.97 Å². The van der Waals surface area contributed by atoms with E-state index in [-0.39, 0.29) is 35.4 Å². The van der Waals surface area contributed by atoms with Crippen molar-refractivity contribution in [2.75, 3.05) is 0 Å². The molecule has 60 valence electrons. The molecule has 2 aromatic heterocycles. The fourth-order valence-electron chi connectivity index (χ4n) is 0.892. The predicted molar refractivity (Wildman–Crippen MR) is 35.1 cm³/mol. The van der Waals surface area contributed by atoms with Crippen LogP contribution in [-0.2, 0) is 0 Å². The summed E-state index contributed by atoms with van der Waals surface area (Å²) in [5, 5.41) is 17.4. The van der Waals surface area contributed by atoms with Crippen molar-refractivity contribution in [3.8, 4) is 0 Å². The van der Waals surface area contributed by atoms with Gasteiger partial charge in [0, 0.05) is 12.4 Å². The van der Waals surface area contributed by atoms with Crippen LogP contribution in [0, 0.1) is 0 Å². The Hall–Kier alpha value is -0.980. The van der Waals surface area contributed by atoms with E-state index in [1.807, 2.05) is 0 Å². The standard InChI is InChI=1S/C6H4N4O2.Na/c11-6(12)5-9-8-4-3-7-1-2-10(4)5;/h1-3H,(H,11,12);/q;+1/p-1. The van der Waals surface area contributed by atoms with Crippen molar-refractivity contribution in [2.24, 2.45) is 0 Å². The number of aromatic carboxylic acids is 1. The number of nitrogens with zero attached hydrogens (tertiary/aromatic N) is 4. The zero-order chi connectivity index (χ0) is 8.55. The number of carboxylic acids is 1. The smallest absolute Gasteiger partial charge is 0.541 e. The number of rotatable bonds is 1. The predicted octanol–water partition coefficient (Wildman–Crippen LogP) is -4.51. The Bertz CT molecular complexity index is 441. The number of carbonyl (C=O) groups excluding carboxylic acids is 1. The van der Waals surface area contributed by atoms with E-state index < -0.39 is 5.97 Å². The first-order valence-electron chi connectivity index (χ1n) is 3.15. The van der Waals surface area contributed by atoms with Gasteiger partial charge in [0.05, 0.1) is 6.20 Å². The molecule has 0 unspecified atom stereocenters. The van der Waals surface area contributed by atoms with Crippen LogP contribution < -0.4 is 34.7 Å². The van der Waals surface area contributed by atoms with Crippen molar-refractivity contribution in [2.45, 2.75) is 0 Å². The molecule has 0 spiro atoms. The molecule has 0 saturated heterocycles. The third-order valence-corrected chi connectivity index (χ3v) is 1.40. The van der Waals surface area contributed by atoms with Crippen molar-refractivity contribution in [3.63, 3.8) is 0 Å². The Morgan fingerprint density at radius 1 is 1.46 bits per heavy atom. The van der Waals surface area contributed by atoms with E-state index in [1.54, 1.807) is 0 Å². The van der Waals surface area contributed by atoms with Crippen LogP contribution in [0.15, 0.2) is 18.6 Å². The minimum absolute atomic E-state index is 0. The molecule has 0 atom stereocenters. The molecule has 6 nitrogen and oxygen atoms in total. The zero-order valence-corrected chi connectivity index (χ0v) is 8.84. The molecule has 0 fully saturated rings. The van der Waals surface area contributed by atoms with E-state index in [9.17, 15) is 9.90 Å². The normalized spacial score (nSPS) is 9.54. The van der Waals surface area contributed by atoms with E-state index in [1.165, 1.54) is 23.0 Å². The fourth-order valence-corrected chi connectivity index (χ4v) is 0.892. The molecule has 0 aliphatic carbocycles. The second-order valence-corrected chi connectivity index (χ2v) is 2.12. The average Bonchev–Trinajstić information content (AvgIpc) is 2.47. The first kappa shape index (κ1) is 10.1. The SMILES string of the molecule is O=C([O-])c1nnc2cnccn12.[Na+]. The number of carbonyl (C=O) groups is 1. The van der Waals surface area contributed by atoms with E-state index in [0.717, 1.165) is 0 Å². The summed E-state index contributed by atoms with van der Waals surface area (Å²) in [5.74, 6) is -1.57. The first-order valence-corrected chi connectivity index (χ1v) is 3.15. The van der Waals surface area contributed by atoms with Crippen LogP contribution in [0.25, 0.3) is 5.65 Å². The van der Waals surface area contributed by atoms with Gasteiger partial charge in [-0.05, 0) is 0 Å². The van der Waals surface area contributed by atoms with Crippen LogP contribution in [0.5, 0.6) is 0 Å². The maximum atomic E-state index is 10.4. The van der Waals surface area contributed by atoms with E-state index in [2.05, 4.69) is 15.2 Å². The summed E-state index contributed by atoms with van der Waals surface area (Å²) in [4.78, 5) is 14.2. The largest absolute Gasteiger partial charge is 1.00 e. The molecule has 0 saturated carbocycles. The van der Waals surface area contributed by atoms with Gasteiger partial charge in [0.15, 0.2) is 11.5 Å². The van der Waals surface area contributed by atoms with Crippen LogP contribution in [0.2, 0.25) is 0 Å². The Balaban J connectivity index is 0.000000845. The minimum atomic E-state index is -1.35. The van der Waals surface area contributed by atoms with Crippen LogP contribution >= 0.6 is 0 Å². The number of aromatic nitrogens is 4. The van der Waals surface area contributed by atoms with Crippen molar-refractivity contribution >= 4 is 11.6 Å². The van der Waals surface area contributed by atoms with Gasteiger partial charge in [-0.15, -0.1) is 10.2 Å². The summed E-state index contributed by atoms with van der Waals surface area (Å²) >= 11 is 0. The molecule has 0 bridgehead atoms. The molecule has 13 heavy (non-hydrogen) atoms. The monoisotopic (exact) mass is 186 g/mol. The van der Waals surface area contributed by atoms with E-state index in [0.29, 0.717) is 5.65 Å². The molecule has 0 amide bonds. The summed E-state index contributed by atoms with van der Waals surface area (Å²) in [6.07, 6.45) is 4.32. The second kappa shape index (κ2) is 3.82. The molecule has 0 aliphatic heterocycles. The molecule has 0 radical (unpaired) electrons. The third-order valence-electron chi connectivity index (χ3n) is 1.40. The Morgan fingerprint density at radius 2 is 2.23 bits per heavy atom.